The highest BCUT2D eigenvalue weighted by Crippen LogP contribution is 2.29. The number of nitrogen functional groups attached to an aromatic ring is 1. The molecule has 0 amide bonds. The number of nitrogens with zero attached hydrogens (tertiary/aromatic N) is 5. The van der Waals surface area contributed by atoms with Gasteiger partial charge in [0.15, 0.2) is 11.0 Å². The van der Waals surface area contributed by atoms with Crippen molar-refractivity contribution >= 4 is 17.6 Å². The molecule has 3 rings (SSSR count). The molecule has 7 nitrogen and oxygen atoms in total. The molecule has 0 spiro atoms. The van der Waals surface area contributed by atoms with Gasteiger partial charge in [0.25, 0.3) is 0 Å². The number of ether oxygens (including phenoxy) is 1. The minimum absolute atomic E-state index is 0.263. The van der Waals surface area contributed by atoms with Crippen molar-refractivity contribution in [2.24, 2.45) is 0 Å². The average Bonchev–Trinajstić information content (AvgIpc) is 3.02. The first kappa shape index (κ1) is 20.7. The molecule has 3 aromatic rings. The lowest BCUT2D eigenvalue weighted by atomic mass is 10.0. The second-order valence-electron chi connectivity index (χ2n) is 6.97. The normalized spacial score (nSPS) is 10.9. The first-order valence-electron chi connectivity index (χ1n) is 9.36. The van der Waals surface area contributed by atoms with Gasteiger partial charge in [-0.2, -0.15) is 20.0 Å². The molecule has 150 valence electrons. The van der Waals surface area contributed by atoms with Crippen LogP contribution in [0.2, 0.25) is 0 Å². The predicted octanol–water partition coefficient (Wildman–Crippen LogP) is 4.62. The van der Waals surface area contributed by atoms with Crippen LogP contribution in [0.3, 0.4) is 0 Å². The highest BCUT2D eigenvalue weighted by Gasteiger charge is 2.18. The summed E-state index contributed by atoms with van der Waals surface area (Å²) in [6, 6.07) is 9.94. The van der Waals surface area contributed by atoms with Crippen LogP contribution in [-0.2, 0) is 6.42 Å². The third-order valence-electron chi connectivity index (χ3n) is 4.47. The minimum atomic E-state index is 0.263. The number of nitrogens with two attached hydrogens (primary N) is 1. The summed E-state index contributed by atoms with van der Waals surface area (Å²) in [7, 11) is 0. The first-order chi connectivity index (χ1) is 13.9. The Labute approximate surface area is 174 Å². The Balaban J connectivity index is 2.06. The van der Waals surface area contributed by atoms with Gasteiger partial charge in [0.2, 0.25) is 5.88 Å². The molecule has 0 radical (unpaired) electrons. The summed E-state index contributed by atoms with van der Waals surface area (Å²) in [6.45, 7) is 8.26. The quantitative estimate of drug-likeness (QED) is 0.469. The first-order valence-corrected chi connectivity index (χ1v) is 10.6. The van der Waals surface area contributed by atoms with E-state index in [1.165, 1.54) is 22.0 Å². The summed E-state index contributed by atoms with van der Waals surface area (Å²) in [6.07, 6.45) is 2.49. The molecule has 29 heavy (non-hydrogen) atoms. The number of anilines is 1. The molecule has 1 aromatic carbocycles. The van der Waals surface area contributed by atoms with Crippen molar-refractivity contribution in [1.82, 2.24) is 19.7 Å². The monoisotopic (exact) mass is 408 g/mol. The van der Waals surface area contributed by atoms with Crippen molar-refractivity contribution in [2.45, 2.75) is 45.2 Å². The SMILES string of the molecule is CCc1nn(-c2cc(Oc3cc(C)cc(C(C)C)c3)nc(SC)n2)c(N)c1C#N. The molecule has 0 unspecified atom stereocenters. The molecule has 0 aliphatic heterocycles. The Hall–Kier alpha value is -3.05. The Morgan fingerprint density at radius 1 is 1.24 bits per heavy atom. The number of aryl methyl sites for hydroxylation is 2. The second-order valence-corrected chi connectivity index (χ2v) is 7.74. The van der Waals surface area contributed by atoms with Gasteiger partial charge >= 0.3 is 0 Å². The Morgan fingerprint density at radius 2 is 2.00 bits per heavy atom. The molecule has 2 aromatic heterocycles. The number of rotatable bonds is 6. The molecular weight excluding hydrogens is 384 g/mol. The summed E-state index contributed by atoms with van der Waals surface area (Å²) in [4.78, 5) is 8.95. The number of nitriles is 1. The van der Waals surface area contributed by atoms with Crippen LogP contribution >= 0.6 is 11.8 Å². The van der Waals surface area contributed by atoms with E-state index in [1.54, 1.807) is 6.07 Å². The molecule has 8 heteroatoms. The summed E-state index contributed by atoms with van der Waals surface area (Å²) in [5.41, 5.74) is 9.48. The third kappa shape index (κ3) is 4.35. The smallest absolute Gasteiger partial charge is 0.225 e. The van der Waals surface area contributed by atoms with Gasteiger partial charge in [0, 0.05) is 6.07 Å². The summed E-state index contributed by atoms with van der Waals surface area (Å²) >= 11 is 1.39. The van der Waals surface area contributed by atoms with Crippen molar-refractivity contribution < 1.29 is 4.74 Å². The van der Waals surface area contributed by atoms with E-state index in [2.05, 4.69) is 41.0 Å². The van der Waals surface area contributed by atoms with Crippen LogP contribution in [-0.4, -0.2) is 26.0 Å². The number of aromatic nitrogens is 4. The maximum Gasteiger partial charge on any atom is 0.225 e. The summed E-state index contributed by atoms with van der Waals surface area (Å²) in [5, 5.41) is 14.4. The lowest BCUT2D eigenvalue weighted by Crippen LogP contribution is -2.07. The summed E-state index contributed by atoms with van der Waals surface area (Å²) in [5.74, 6) is 2.22. The third-order valence-corrected chi connectivity index (χ3v) is 5.02. The van der Waals surface area contributed by atoms with E-state index < -0.39 is 0 Å². The molecule has 2 N–H and O–H groups in total. The fourth-order valence-corrected chi connectivity index (χ4v) is 3.32. The van der Waals surface area contributed by atoms with Crippen LogP contribution in [0.15, 0.2) is 29.4 Å². The van der Waals surface area contributed by atoms with Gasteiger partial charge in [-0.05, 0) is 48.8 Å². The van der Waals surface area contributed by atoms with Crippen LogP contribution in [0.1, 0.15) is 49.1 Å². The van der Waals surface area contributed by atoms with Gasteiger partial charge in [-0.1, -0.05) is 38.6 Å². The fraction of sp³-hybridized carbons (Fsp3) is 0.333. The van der Waals surface area contributed by atoms with Crippen molar-refractivity contribution in [1.29, 1.82) is 5.26 Å². The number of hydrogen-bond acceptors (Lipinski definition) is 7. The lowest BCUT2D eigenvalue weighted by molar-refractivity contribution is 0.453. The molecule has 2 heterocycles. The van der Waals surface area contributed by atoms with Gasteiger partial charge in [-0.3, -0.25) is 0 Å². The van der Waals surface area contributed by atoms with E-state index in [4.69, 9.17) is 10.5 Å². The molecule has 0 aliphatic carbocycles. The van der Waals surface area contributed by atoms with Gasteiger partial charge in [-0.25, -0.2) is 4.98 Å². The number of hydrogen-bond donors (Lipinski definition) is 1. The van der Waals surface area contributed by atoms with E-state index in [1.807, 2.05) is 32.2 Å². The standard InChI is InChI=1S/C21H24N6OS/c1-6-17-16(11-22)20(23)27(26-17)18-10-19(25-21(24-18)29-5)28-15-8-13(4)7-14(9-15)12(2)3/h7-10,12H,6,23H2,1-5H3. The molecular formula is C21H24N6OS. The van der Waals surface area contributed by atoms with Crippen LogP contribution < -0.4 is 10.5 Å². The Kier molecular flexibility index (Phi) is 6.09. The van der Waals surface area contributed by atoms with E-state index in [0.29, 0.717) is 46.2 Å². The van der Waals surface area contributed by atoms with Crippen molar-refractivity contribution in [3.8, 4) is 23.5 Å². The van der Waals surface area contributed by atoms with Crippen molar-refractivity contribution in [3.63, 3.8) is 0 Å². The molecule has 0 saturated carbocycles. The Bertz CT molecular complexity index is 1080. The van der Waals surface area contributed by atoms with Gasteiger partial charge in [0.1, 0.15) is 23.2 Å². The summed E-state index contributed by atoms with van der Waals surface area (Å²) < 4.78 is 7.55. The number of thioether (sulfide) groups is 1. The Morgan fingerprint density at radius 3 is 2.59 bits per heavy atom. The zero-order valence-electron chi connectivity index (χ0n) is 17.2. The maximum atomic E-state index is 9.39. The zero-order chi connectivity index (χ0) is 21.1. The van der Waals surface area contributed by atoms with Gasteiger partial charge in [-0.15, -0.1) is 0 Å². The van der Waals surface area contributed by atoms with Crippen LogP contribution in [0.25, 0.3) is 5.82 Å². The lowest BCUT2D eigenvalue weighted by Gasteiger charge is -2.12. The zero-order valence-corrected chi connectivity index (χ0v) is 18.0. The van der Waals surface area contributed by atoms with E-state index >= 15 is 0 Å². The second kappa shape index (κ2) is 8.53. The average molecular weight is 409 g/mol. The molecule has 0 bridgehead atoms. The number of benzene rings is 1. The predicted molar refractivity (Wildman–Crippen MR) is 115 cm³/mol. The topological polar surface area (TPSA) is 103 Å². The molecule has 0 saturated heterocycles. The maximum absolute atomic E-state index is 9.39. The minimum Gasteiger partial charge on any atom is -0.439 e. The fourth-order valence-electron chi connectivity index (χ4n) is 2.96. The van der Waals surface area contributed by atoms with E-state index in [-0.39, 0.29) is 5.82 Å². The van der Waals surface area contributed by atoms with Crippen LogP contribution in [0.5, 0.6) is 11.6 Å². The van der Waals surface area contributed by atoms with Gasteiger partial charge in [0.05, 0.1) is 5.69 Å². The van der Waals surface area contributed by atoms with E-state index in [9.17, 15) is 5.26 Å². The van der Waals surface area contributed by atoms with Crippen LogP contribution in [0.4, 0.5) is 5.82 Å². The van der Waals surface area contributed by atoms with Gasteiger partial charge < -0.3 is 10.5 Å². The molecule has 0 atom stereocenters. The van der Waals surface area contributed by atoms with Crippen LogP contribution in [0, 0.1) is 18.3 Å². The van der Waals surface area contributed by atoms with Crippen molar-refractivity contribution in [2.75, 3.05) is 12.0 Å². The van der Waals surface area contributed by atoms with E-state index in [0.717, 1.165) is 5.56 Å². The largest absolute Gasteiger partial charge is 0.439 e. The molecule has 0 fully saturated rings. The van der Waals surface area contributed by atoms with Crippen molar-refractivity contribution in [3.05, 3.63) is 46.6 Å². The highest BCUT2D eigenvalue weighted by molar-refractivity contribution is 7.98. The molecule has 0 aliphatic rings. The highest BCUT2D eigenvalue weighted by atomic mass is 32.2.